The summed E-state index contributed by atoms with van der Waals surface area (Å²) in [5.41, 5.74) is 1.96. The molecule has 0 fully saturated rings. The van der Waals surface area contributed by atoms with Gasteiger partial charge in [0.1, 0.15) is 16.3 Å². The van der Waals surface area contributed by atoms with E-state index in [2.05, 4.69) is 14.9 Å². The normalized spacial score (nSPS) is 10.3. The van der Waals surface area contributed by atoms with Crippen LogP contribution in [0.5, 0.6) is 5.75 Å². The lowest BCUT2D eigenvalue weighted by atomic mass is 10.1. The summed E-state index contributed by atoms with van der Waals surface area (Å²) in [6.45, 7) is 0. The van der Waals surface area contributed by atoms with Crippen molar-refractivity contribution in [3.8, 4) is 17.0 Å². The van der Waals surface area contributed by atoms with Crippen molar-refractivity contribution < 1.29 is 9.53 Å². The Bertz CT molecular complexity index is 833. The maximum Gasteiger partial charge on any atom is 0.269 e. The van der Waals surface area contributed by atoms with E-state index in [4.69, 9.17) is 16.3 Å². The number of nitrogens with one attached hydrogen (secondary N) is 1. The number of benzene rings is 2. The molecule has 2 aromatic carbocycles. The average molecular weight is 346 g/mol. The smallest absolute Gasteiger partial charge is 0.269 e. The summed E-state index contributed by atoms with van der Waals surface area (Å²) in [6.07, 6.45) is 0. The monoisotopic (exact) mass is 345 g/mol. The van der Waals surface area contributed by atoms with Gasteiger partial charge in [0, 0.05) is 16.3 Å². The molecule has 0 saturated carbocycles. The van der Waals surface area contributed by atoms with Gasteiger partial charge in [0.25, 0.3) is 5.91 Å². The number of hydrogen-bond acceptors (Lipinski definition) is 5. The molecule has 0 aliphatic heterocycles. The van der Waals surface area contributed by atoms with Crippen molar-refractivity contribution in [3.63, 3.8) is 0 Å². The highest BCUT2D eigenvalue weighted by Gasteiger charge is 2.18. The number of aromatic nitrogens is 2. The Morgan fingerprint density at radius 2 is 2.00 bits per heavy atom. The number of carbonyl (C=O) groups is 1. The molecule has 0 unspecified atom stereocenters. The first-order valence-electron chi connectivity index (χ1n) is 6.71. The predicted molar refractivity (Wildman–Crippen MR) is 91.3 cm³/mol. The predicted octanol–water partition coefficient (Wildman–Crippen LogP) is 4.12. The molecule has 3 aromatic rings. The van der Waals surface area contributed by atoms with Crippen LogP contribution >= 0.6 is 23.1 Å². The summed E-state index contributed by atoms with van der Waals surface area (Å²) in [6, 6.07) is 14.3. The van der Waals surface area contributed by atoms with Gasteiger partial charge in [-0.05, 0) is 54.0 Å². The molecule has 1 N–H and O–H groups in total. The van der Waals surface area contributed by atoms with Crippen LogP contribution in [0.1, 0.15) is 9.67 Å². The fourth-order valence-electron chi connectivity index (χ4n) is 2.03. The third-order valence-corrected chi connectivity index (χ3v) is 4.10. The molecule has 1 heterocycles. The first-order chi connectivity index (χ1) is 11.2. The van der Waals surface area contributed by atoms with Crippen LogP contribution in [-0.2, 0) is 0 Å². The van der Waals surface area contributed by atoms with Crippen LogP contribution in [-0.4, -0.2) is 22.6 Å². The second kappa shape index (κ2) is 6.76. The third kappa shape index (κ3) is 3.49. The maximum absolute atomic E-state index is 12.5. The van der Waals surface area contributed by atoms with E-state index in [1.54, 1.807) is 31.4 Å². The highest BCUT2D eigenvalue weighted by molar-refractivity contribution is 7.08. The van der Waals surface area contributed by atoms with Crippen molar-refractivity contribution in [1.82, 2.24) is 9.59 Å². The highest BCUT2D eigenvalue weighted by atomic mass is 35.5. The summed E-state index contributed by atoms with van der Waals surface area (Å²) in [4.78, 5) is 12.9. The fraction of sp³-hybridized carbons (Fsp3) is 0.0625. The van der Waals surface area contributed by atoms with Gasteiger partial charge in [-0.3, -0.25) is 4.79 Å². The molecule has 1 amide bonds. The van der Waals surface area contributed by atoms with Crippen molar-refractivity contribution in [2.24, 2.45) is 0 Å². The van der Waals surface area contributed by atoms with E-state index < -0.39 is 0 Å². The Balaban J connectivity index is 1.86. The lowest BCUT2D eigenvalue weighted by Gasteiger charge is -2.05. The van der Waals surface area contributed by atoms with Gasteiger partial charge < -0.3 is 10.1 Å². The molecule has 116 valence electrons. The van der Waals surface area contributed by atoms with Crippen molar-refractivity contribution in [3.05, 3.63) is 58.4 Å². The number of anilines is 1. The van der Waals surface area contributed by atoms with E-state index in [1.165, 1.54) is 0 Å². The number of nitrogens with zero attached hydrogens (tertiary/aromatic N) is 2. The molecule has 7 heteroatoms. The molecule has 5 nitrogen and oxygen atoms in total. The van der Waals surface area contributed by atoms with E-state index in [0.29, 0.717) is 21.3 Å². The highest BCUT2D eigenvalue weighted by Crippen LogP contribution is 2.27. The summed E-state index contributed by atoms with van der Waals surface area (Å²) in [7, 11) is 1.60. The van der Waals surface area contributed by atoms with E-state index in [-0.39, 0.29) is 5.91 Å². The Labute approximate surface area is 142 Å². The van der Waals surface area contributed by atoms with Gasteiger partial charge in [0.05, 0.1) is 7.11 Å². The third-order valence-electron chi connectivity index (χ3n) is 3.14. The fourth-order valence-corrected chi connectivity index (χ4v) is 2.81. The molecule has 0 saturated heterocycles. The lowest BCUT2D eigenvalue weighted by molar-refractivity contribution is 0.103. The zero-order valence-corrected chi connectivity index (χ0v) is 13.7. The van der Waals surface area contributed by atoms with E-state index in [0.717, 1.165) is 22.8 Å². The molecule has 1 aromatic heterocycles. The summed E-state index contributed by atoms with van der Waals surface area (Å²) >= 11 is 6.97. The molecule has 23 heavy (non-hydrogen) atoms. The average Bonchev–Trinajstić information content (AvgIpc) is 3.05. The minimum absolute atomic E-state index is 0.270. The Morgan fingerprint density at radius 1 is 1.22 bits per heavy atom. The SMILES string of the molecule is COc1ccc(-c2nnsc2C(=O)Nc2cccc(Cl)c2)cc1. The minimum Gasteiger partial charge on any atom is -0.497 e. The van der Waals surface area contributed by atoms with Crippen molar-refractivity contribution in [1.29, 1.82) is 0 Å². The van der Waals surface area contributed by atoms with Gasteiger partial charge in [-0.2, -0.15) is 0 Å². The van der Waals surface area contributed by atoms with E-state index in [1.807, 2.05) is 24.3 Å². The quantitative estimate of drug-likeness (QED) is 0.772. The number of methoxy groups -OCH3 is 1. The zero-order valence-electron chi connectivity index (χ0n) is 12.1. The van der Waals surface area contributed by atoms with Crippen LogP contribution in [0.2, 0.25) is 5.02 Å². The van der Waals surface area contributed by atoms with Crippen LogP contribution in [0.15, 0.2) is 48.5 Å². The minimum atomic E-state index is -0.270. The standard InChI is InChI=1S/C16H12ClN3O2S/c1-22-13-7-5-10(6-8-13)14-15(23-20-19-14)16(21)18-12-4-2-3-11(17)9-12/h2-9H,1H3,(H,18,21). The number of ether oxygens (including phenoxy) is 1. The number of carbonyl (C=O) groups excluding carboxylic acids is 1. The number of hydrogen-bond donors (Lipinski definition) is 1. The molecule has 3 rings (SSSR count). The molecular formula is C16H12ClN3O2S. The van der Waals surface area contributed by atoms with Gasteiger partial charge >= 0.3 is 0 Å². The van der Waals surface area contributed by atoms with Crippen LogP contribution in [0.4, 0.5) is 5.69 Å². The second-order valence-electron chi connectivity index (χ2n) is 4.64. The zero-order chi connectivity index (χ0) is 16.2. The number of rotatable bonds is 4. The van der Waals surface area contributed by atoms with Crippen LogP contribution < -0.4 is 10.1 Å². The second-order valence-corrected chi connectivity index (χ2v) is 5.83. The molecule has 0 spiro atoms. The maximum atomic E-state index is 12.5. The first kappa shape index (κ1) is 15.5. The molecule has 0 atom stereocenters. The van der Waals surface area contributed by atoms with Crippen LogP contribution in [0.3, 0.4) is 0 Å². The van der Waals surface area contributed by atoms with Gasteiger partial charge in [-0.1, -0.05) is 22.2 Å². The largest absolute Gasteiger partial charge is 0.497 e. The van der Waals surface area contributed by atoms with Gasteiger partial charge in [-0.25, -0.2) is 0 Å². The summed E-state index contributed by atoms with van der Waals surface area (Å²) < 4.78 is 9.02. The molecule has 0 bridgehead atoms. The molecule has 0 aliphatic rings. The van der Waals surface area contributed by atoms with Gasteiger partial charge in [0.15, 0.2) is 0 Å². The van der Waals surface area contributed by atoms with Gasteiger partial charge in [-0.15, -0.1) is 5.10 Å². The molecular weight excluding hydrogens is 334 g/mol. The van der Waals surface area contributed by atoms with Crippen molar-refractivity contribution in [2.45, 2.75) is 0 Å². The Kier molecular flexibility index (Phi) is 4.55. The topological polar surface area (TPSA) is 64.1 Å². The summed E-state index contributed by atoms with van der Waals surface area (Å²) in [5, 5.41) is 7.42. The summed E-state index contributed by atoms with van der Waals surface area (Å²) in [5.74, 6) is 0.468. The Morgan fingerprint density at radius 3 is 2.70 bits per heavy atom. The van der Waals surface area contributed by atoms with Gasteiger partial charge in [0.2, 0.25) is 0 Å². The molecule has 0 radical (unpaired) electrons. The van der Waals surface area contributed by atoms with Crippen LogP contribution in [0, 0.1) is 0 Å². The Hall–Kier alpha value is -2.44. The first-order valence-corrected chi connectivity index (χ1v) is 7.86. The van der Waals surface area contributed by atoms with E-state index >= 15 is 0 Å². The van der Waals surface area contributed by atoms with Crippen LogP contribution in [0.25, 0.3) is 11.3 Å². The molecule has 0 aliphatic carbocycles. The van der Waals surface area contributed by atoms with Crippen molar-refractivity contribution in [2.75, 3.05) is 12.4 Å². The van der Waals surface area contributed by atoms with Crippen molar-refractivity contribution >= 4 is 34.7 Å². The lowest BCUT2D eigenvalue weighted by Crippen LogP contribution is -2.11. The number of amides is 1. The number of halogens is 1. The van der Waals surface area contributed by atoms with E-state index in [9.17, 15) is 4.79 Å².